The molecule has 0 bridgehead atoms. The minimum absolute atomic E-state index is 0. The third-order valence-electron chi connectivity index (χ3n) is 6.35. The van der Waals surface area contributed by atoms with Gasteiger partial charge in [-0.2, -0.15) is 0 Å². The maximum atomic E-state index is 11.7. The van der Waals surface area contributed by atoms with E-state index in [2.05, 4.69) is 38.3 Å². The smallest absolute Gasteiger partial charge is 0.211 e. The van der Waals surface area contributed by atoms with E-state index in [1.807, 2.05) is 0 Å². The van der Waals surface area contributed by atoms with Crippen LogP contribution in [-0.2, 0) is 14.8 Å². The molecule has 166 valence electrons. The van der Waals surface area contributed by atoms with Crippen LogP contribution in [0.2, 0.25) is 0 Å². The van der Waals surface area contributed by atoms with Crippen LogP contribution in [-0.4, -0.2) is 69.9 Å². The average Bonchev–Trinajstić information content (AvgIpc) is 3.09. The van der Waals surface area contributed by atoms with Crippen molar-refractivity contribution in [2.24, 2.45) is 16.3 Å². The Kier molecular flexibility index (Phi) is 10.5. The lowest BCUT2D eigenvalue weighted by molar-refractivity contribution is -0.133. The number of halogens is 1. The van der Waals surface area contributed by atoms with E-state index >= 15 is 0 Å². The van der Waals surface area contributed by atoms with Gasteiger partial charge in [-0.1, -0.05) is 13.8 Å². The van der Waals surface area contributed by atoms with Gasteiger partial charge in [0.1, 0.15) is 0 Å². The summed E-state index contributed by atoms with van der Waals surface area (Å²) in [7, 11) is -3.09. The molecule has 2 rings (SSSR count). The number of rotatable bonds is 9. The summed E-state index contributed by atoms with van der Waals surface area (Å²) >= 11 is 0. The van der Waals surface area contributed by atoms with E-state index in [4.69, 9.17) is 9.73 Å². The number of nitrogens with zero attached hydrogens (tertiary/aromatic N) is 2. The van der Waals surface area contributed by atoms with Crippen molar-refractivity contribution in [3.05, 3.63) is 0 Å². The fourth-order valence-electron chi connectivity index (χ4n) is 4.54. The van der Waals surface area contributed by atoms with E-state index in [1.165, 1.54) is 6.26 Å². The maximum Gasteiger partial charge on any atom is 0.211 e. The monoisotopic (exact) mass is 530 g/mol. The van der Waals surface area contributed by atoms with Crippen molar-refractivity contribution in [3.63, 3.8) is 0 Å². The number of nitrogens with one attached hydrogen (secondary N) is 2. The molecule has 0 aromatic heterocycles. The molecule has 2 N–H and O–H groups in total. The van der Waals surface area contributed by atoms with Crippen LogP contribution in [0.1, 0.15) is 53.4 Å². The molecule has 2 aliphatic rings. The number of aliphatic imine (C=N–C) groups is 1. The quantitative estimate of drug-likeness (QED) is 0.272. The molecule has 0 spiro atoms. The Hall–Kier alpha value is -0.130. The van der Waals surface area contributed by atoms with Crippen LogP contribution in [0.3, 0.4) is 0 Å². The number of hydrogen-bond acceptors (Lipinski definition) is 4. The molecule has 9 heteroatoms. The first-order chi connectivity index (χ1) is 12.8. The largest absolute Gasteiger partial charge is 0.378 e. The molecule has 1 heterocycles. The van der Waals surface area contributed by atoms with Gasteiger partial charge in [0.2, 0.25) is 10.0 Å². The second-order valence-electron chi connectivity index (χ2n) is 7.81. The Labute approximate surface area is 188 Å². The van der Waals surface area contributed by atoms with Gasteiger partial charge in [-0.05, 0) is 45.4 Å². The SMILES string of the molecule is CCNC(=NCC1CCN(S(C)(=O)=O)C1)NC1CC(OCC)C1(CC)CC.I. The van der Waals surface area contributed by atoms with Crippen LogP contribution >= 0.6 is 24.0 Å². The van der Waals surface area contributed by atoms with Gasteiger partial charge in [-0.25, -0.2) is 12.7 Å². The van der Waals surface area contributed by atoms with Crippen LogP contribution in [0.4, 0.5) is 0 Å². The van der Waals surface area contributed by atoms with E-state index in [1.54, 1.807) is 4.31 Å². The van der Waals surface area contributed by atoms with Crippen molar-refractivity contribution in [3.8, 4) is 0 Å². The lowest BCUT2D eigenvalue weighted by atomic mass is 9.58. The molecule has 1 saturated carbocycles. The molecule has 0 amide bonds. The average molecular weight is 531 g/mol. The van der Waals surface area contributed by atoms with E-state index in [0.29, 0.717) is 31.8 Å². The van der Waals surface area contributed by atoms with Crippen molar-refractivity contribution in [2.75, 3.05) is 39.0 Å². The summed E-state index contributed by atoms with van der Waals surface area (Å²) in [4.78, 5) is 4.77. The lowest BCUT2D eigenvalue weighted by Gasteiger charge is -2.55. The van der Waals surface area contributed by atoms with E-state index < -0.39 is 10.0 Å². The van der Waals surface area contributed by atoms with Gasteiger partial charge in [0.05, 0.1) is 12.4 Å². The summed E-state index contributed by atoms with van der Waals surface area (Å²) in [5, 5.41) is 6.97. The van der Waals surface area contributed by atoms with E-state index in [0.717, 1.165) is 44.8 Å². The van der Waals surface area contributed by atoms with Crippen molar-refractivity contribution >= 4 is 40.0 Å². The highest BCUT2D eigenvalue weighted by Gasteiger charge is 2.53. The number of sulfonamides is 1. The Morgan fingerprint density at radius 2 is 1.93 bits per heavy atom. The zero-order valence-electron chi connectivity index (χ0n) is 18.0. The highest BCUT2D eigenvalue weighted by Crippen LogP contribution is 2.48. The maximum absolute atomic E-state index is 11.7. The van der Waals surface area contributed by atoms with Gasteiger partial charge in [0, 0.05) is 44.2 Å². The van der Waals surface area contributed by atoms with Crippen LogP contribution in [0.5, 0.6) is 0 Å². The van der Waals surface area contributed by atoms with Crippen LogP contribution in [0, 0.1) is 11.3 Å². The molecular weight excluding hydrogens is 491 g/mol. The van der Waals surface area contributed by atoms with Crippen LogP contribution in [0.25, 0.3) is 0 Å². The summed E-state index contributed by atoms with van der Waals surface area (Å²) in [5.74, 6) is 1.12. The third-order valence-corrected chi connectivity index (χ3v) is 7.62. The zero-order chi connectivity index (χ0) is 20.1. The van der Waals surface area contributed by atoms with E-state index in [9.17, 15) is 8.42 Å². The molecule has 1 aliphatic carbocycles. The molecule has 3 atom stereocenters. The predicted octanol–water partition coefficient (Wildman–Crippen LogP) is 2.42. The summed E-state index contributed by atoms with van der Waals surface area (Å²) in [6.45, 7) is 12.0. The fourth-order valence-corrected chi connectivity index (χ4v) is 5.45. The highest BCUT2D eigenvalue weighted by molar-refractivity contribution is 14.0. The summed E-state index contributed by atoms with van der Waals surface area (Å²) < 4.78 is 30.9. The molecule has 1 aliphatic heterocycles. The molecule has 28 heavy (non-hydrogen) atoms. The molecule has 2 fully saturated rings. The molecule has 3 unspecified atom stereocenters. The molecule has 0 aromatic rings. The van der Waals surface area contributed by atoms with Crippen molar-refractivity contribution in [1.29, 1.82) is 0 Å². The molecule has 0 aromatic carbocycles. The van der Waals surface area contributed by atoms with Gasteiger partial charge in [0.15, 0.2) is 5.96 Å². The number of hydrogen-bond donors (Lipinski definition) is 2. The predicted molar refractivity (Wildman–Crippen MR) is 126 cm³/mol. The first kappa shape index (κ1) is 25.9. The second kappa shape index (κ2) is 11.3. The van der Waals surface area contributed by atoms with Gasteiger partial charge in [0.25, 0.3) is 0 Å². The van der Waals surface area contributed by atoms with Gasteiger partial charge >= 0.3 is 0 Å². The minimum atomic E-state index is -3.09. The Bertz CT molecular complexity index is 610. The van der Waals surface area contributed by atoms with Gasteiger partial charge in [-0.15, -0.1) is 24.0 Å². The van der Waals surface area contributed by atoms with Crippen molar-refractivity contribution in [1.82, 2.24) is 14.9 Å². The Balaban J connectivity index is 0.00000392. The first-order valence-corrected chi connectivity index (χ1v) is 12.3. The lowest BCUT2D eigenvalue weighted by Crippen LogP contribution is -2.65. The molecular formula is C19H39IN4O3S. The van der Waals surface area contributed by atoms with Gasteiger partial charge < -0.3 is 15.4 Å². The summed E-state index contributed by atoms with van der Waals surface area (Å²) in [6.07, 6.45) is 5.64. The van der Waals surface area contributed by atoms with E-state index in [-0.39, 0.29) is 35.3 Å². The molecule has 1 saturated heterocycles. The Morgan fingerprint density at radius 3 is 2.43 bits per heavy atom. The standard InChI is InChI=1S/C19H38N4O3S.HI/c1-6-19(7-2)16(12-17(19)26-9-4)22-18(20-8-3)21-13-15-10-11-23(14-15)27(5,24)25;/h15-17H,6-14H2,1-5H3,(H2,20,21,22);1H. The topological polar surface area (TPSA) is 83.0 Å². The highest BCUT2D eigenvalue weighted by atomic mass is 127. The molecule has 7 nitrogen and oxygen atoms in total. The third kappa shape index (κ3) is 5.95. The van der Waals surface area contributed by atoms with Gasteiger partial charge in [-0.3, -0.25) is 4.99 Å². The fraction of sp³-hybridized carbons (Fsp3) is 0.947. The Morgan fingerprint density at radius 1 is 1.25 bits per heavy atom. The second-order valence-corrected chi connectivity index (χ2v) is 9.79. The van der Waals surface area contributed by atoms with Crippen molar-refractivity contribution in [2.45, 2.75) is 65.5 Å². The first-order valence-electron chi connectivity index (χ1n) is 10.4. The summed E-state index contributed by atoms with van der Waals surface area (Å²) in [5.41, 5.74) is 0.159. The minimum Gasteiger partial charge on any atom is -0.378 e. The van der Waals surface area contributed by atoms with Crippen molar-refractivity contribution < 1.29 is 13.2 Å². The zero-order valence-corrected chi connectivity index (χ0v) is 21.2. The van der Waals surface area contributed by atoms with Crippen LogP contribution < -0.4 is 10.6 Å². The normalized spacial score (nSPS) is 27.8. The van der Waals surface area contributed by atoms with Crippen LogP contribution in [0.15, 0.2) is 4.99 Å². The summed E-state index contributed by atoms with van der Waals surface area (Å²) in [6, 6.07) is 0.359. The molecule has 0 radical (unpaired) electrons. The number of guanidine groups is 1. The number of ether oxygens (including phenoxy) is 1.